The molecule has 0 radical (unpaired) electrons. The lowest BCUT2D eigenvalue weighted by atomic mass is 10.2. The summed E-state index contributed by atoms with van der Waals surface area (Å²) in [6, 6.07) is 14.1. The van der Waals surface area contributed by atoms with E-state index >= 15 is 0 Å². The van der Waals surface area contributed by atoms with E-state index < -0.39 is 21.5 Å². The second-order valence-electron chi connectivity index (χ2n) is 6.06. The highest BCUT2D eigenvalue weighted by molar-refractivity contribution is 7.85. The van der Waals surface area contributed by atoms with Crippen molar-refractivity contribution in [3.8, 4) is 5.75 Å². The van der Waals surface area contributed by atoms with Crippen LogP contribution in [0.15, 0.2) is 52.9 Å². The van der Waals surface area contributed by atoms with Gasteiger partial charge in [-0.05, 0) is 50.1 Å². The lowest BCUT2D eigenvalue weighted by Crippen LogP contribution is -2.19. The molecule has 0 aliphatic rings. The molecule has 0 saturated carbocycles. The highest BCUT2D eigenvalue weighted by atomic mass is 32.2. The monoisotopic (exact) mass is 333 g/mol. The summed E-state index contributed by atoms with van der Waals surface area (Å²) in [6.07, 6.45) is 1.42. The average molecular weight is 333 g/mol. The lowest BCUT2D eigenvalue weighted by Gasteiger charge is -2.12. The van der Waals surface area contributed by atoms with Crippen molar-refractivity contribution in [1.82, 2.24) is 0 Å². The fourth-order valence-electron chi connectivity index (χ4n) is 1.72. The number of benzene rings is 2. The predicted octanol–water partition coefficient (Wildman–Crippen LogP) is 4.29. The van der Waals surface area contributed by atoms with E-state index in [9.17, 15) is 8.60 Å². The van der Waals surface area contributed by atoms with Gasteiger partial charge in [0.15, 0.2) is 11.6 Å². The van der Waals surface area contributed by atoms with E-state index in [0.29, 0.717) is 12.2 Å². The topological polar surface area (TPSA) is 38.7 Å². The first-order valence-corrected chi connectivity index (χ1v) is 8.39. The quantitative estimate of drug-likeness (QED) is 0.766. The summed E-state index contributed by atoms with van der Waals surface area (Å²) >= 11 is 0. The molecule has 122 valence electrons. The molecular weight excluding hydrogens is 313 g/mol. The third-order valence-electron chi connectivity index (χ3n) is 3.01. The number of hydrogen-bond acceptors (Lipinski definition) is 2. The SMILES string of the molecule is CC(C)(C)[S@](=O)/N=C\c1ccc(OCc2ccccc2)c(F)c1. The van der Waals surface area contributed by atoms with Gasteiger partial charge in [-0.25, -0.2) is 8.60 Å². The van der Waals surface area contributed by atoms with Gasteiger partial charge in [0.05, 0.1) is 4.75 Å². The summed E-state index contributed by atoms with van der Waals surface area (Å²) in [5, 5.41) is 0. The molecule has 2 aromatic rings. The maximum absolute atomic E-state index is 14.0. The van der Waals surface area contributed by atoms with Crippen LogP contribution in [0.1, 0.15) is 31.9 Å². The third-order valence-corrected chi connectivity index (χ3v) is 4.36. The van der Waals surface area contributed by atoms with E-state index in [-0.39, 0.29) is 5.75 Å². The highest BCUT2D eigenvalue weighted by Gasteiger charge is 2.18. The number of nitrogens with zero attached hydrogens (tertiary/aromatic N) is 1. The van der Waals surface area contributed by atoms with Gasteiger partial charge in [0.25, 0.3) is 0 Å². The Kier molecular flexibility index (Phi) is 5.66. The minimum Gasteiger partial charge on any atom is -0.486 e. The van der Waals surface area contributed by atoms with Gasteiger partial charge >= 0.3 is 0 Å². The maximum Gasteiger partial charge on any atom is 0.165 e. The summed E-state index contributed by atoms with van der Waals surface area (Å²) in [4.78, 5) is 0. The summed E-state index contributed by atoms with van der Waals surface area (Å²) in [5.74, 6) is -0.283. The maximum atomic E-state index is 14.0. The zero-order valence-corrected chi connectivity index (χ0v) is 14.3. The van der Waals surface area contributed by atoms with Crippen LogP contribution in [0, 0.1) is 5.82 Å². The zero-order chi connectivity index (χ0) is 16.9. The molecule has 0 fully saturated rings. The van der Waals surface area contributed by atoms with Crippen LogP contribution in [0.3, 0.4) is 0 Å². The Morgan fingerprint density at radius 1 is 1.17 bits per heavy atom. The predicted molar refractivity (Wildman–Crippen MR) is 92.7 cm³/mol. The average Bonchev–Trinajstić information content (AvgIpc) is 2.51. The van der Waals surface area contributed by atoms with Gasteiger partial charge in [-0.2, -0.15) is 4.40 Å². The van der Waals surface area contributed by atoms with Crippen LogP contribution in [-0.4, -0.2) is 15.2 Å². The number of hydrogen-bond donors (Lipinski definition) is 0. The van der Waals surface area contributed by atoms with Gasteiger partial charge in [-0.15, -0.1) is 0 Å². The molecule has 3 nitrogen and oxygen atoms in total. The molecule has 1 atom stereocenters. The summed E-state index contributed by atoms with van der Waals surface area (Å²) in [5.41, 5.74) is 1.52. The van der Waals surface area contributed by atoms with Crippen molar-refractivity contribution in [2.24, 2.45) is 4.40 Å². The van der Waals surface area contributed by atoms with Crippen LogP contribution in [-0.2, 0) is 17.6 Å². The van der Waals surface area contributed by atoms with E-state index in [0.717, 1.165) is 5.56 Å². The first-order valence-electron chi connectivity index (χ1n) is 7.28. The normalized spacial score (nSPS) is 13.2. The fraction of sp³-hybridized carbons (Fsp3) is 0.278. The van der Waals surface area contributed by atoms with E-state index in [1.807, 2.05) is 51.1 Å². The molecule has 0 spiro atoms. The molecule has 0 aromatic heterocycles. The summed E-state index contributed by atoms with van der Waals surface area (Å²) in [6.45, 7) is 5.81. The van der Waals surface area contributed by atoms with Gasteiger partial charge < -0.3 is 4.74 Å². The second-order valence-corrected chi connectivity index (χ2v) is 7.99. The van der Waals surface area contributed by atoms with Crippen LogP contribution in [0.5, 0.6) is 5.75 Å². The molecular formula is C18H20FNO2S. The Morgan fingerprint density at radius 2 is 1.87 bits per heavy atom. The molecule has 0 unspecified atom stereocenters. The highest BCUT2D eigenvalue weighted by Crippen LogP contribution is 2.19. The van der Waals surface area contributed by atoms with Crippen molar-refractivity contribution in [2.45, 2.75) is 32.1 Å². The standard InChI is InChI=1S/C18H20FNO2S/c1-18(2,3)23(21)20-12-15-9-10-17(16(19)11-15)22-13-14-7-5-4-6-8-14/h4-12H,13H2,1-3H3/b20-12-/t23-/m0/s1. The van der Waals surface area contributed by atoms with Crippen molar-refractivity contribution >= 4 is 17.2 Å². The molecule has 2 aromatic carbocycles. The second kappa shape index (κ2) is 7.51. The van der Waals surface area contributed by atoms with Crippen molar-refractivity contribution in [3.63, 3.8) is 0 Å². The van der Waals surface area contributed by atoms with Crippen molar-refractivity contribution in [2.75, 3.05) is 0 Å². The largest absolute Gasteiger partial charge is 0.486 e. The Balaban J connectivity index is 2.03. The van der Waals surface area contributed by atoms with E-state index in [2.05, 4.69) is 4.40 Å². The van der Waals surface area contributed by atoms with Crippen LogP contribution in [0.4, 0.5) is 4.39 Å². The summed E-state index contributed by atoms with van der Waals surface area (Å²) in [7, 11) is -1.36. The van der Waals surface area contributed by atoms with Crippen LogP contribution < -0.4 is 4.74 Å². The van der Waals surface area contributed by atoms with E-state index in [1.54, 1.807) is 12.1 Å². The first kappa shape index (κ1) is 17.3. The Bertz CT molecular complexity index is 709. The summed E-state index contributed by atoms with van der Waals surface area (Å²) < 4.78 is 34.9. The number of rotatable bonds is 5. The number of halogens is 1. The van der Waals surface area contributed by atoms with Crippen LogP contribution in [0.2, 0.25) is 0 Å². The minimum atomic E-state index is -1.36. The lowest BCUT2D eigenvalue weighted by molar-refractivity contribution is 0.290. The first-order chi connectivity index (χ1) is 10.9. The zero-order valence-electron chi connectivity index (χ0n) is 13.5. The molecule has 0 heterocycles. The van der Waals surface area contributed by atoms with Gasteiger partial charge in [0.2, 0.25) is 0 Å². The van der Waals surface area contributed by atoms with Gasteiger partial charge in [0.1, 0.15) is 17.6 Å². The van der Waals surface area contributed by atoms with Crippen molar-refractivity contribution < 1.29 is 13.3 Å². The third kappa shape index (κ3) is 5.28. The molecule has 0 amide bonds. The van der Waals surface area contributed by atoms with Crippen LogP contribution in [0.25, 0.3) is 0 Å². The van der Waals surface area contributed by atoms with E-state index in [4.69, 9.17) is 4.74 Å². The van der Waals surface area contributed by atoms with Gasteiger partial charge in [0, 0.05) is 6.21 Å². The molecule has 0 aliphatic heterocycles. The molecule has 0 saturated heterocycles. The van der Waals surface area contributed by atoms with Gasteiger partial charge in [-0.3, -0.25) is 0 Å². The van der Waals surface area contributed by atoms with Crippen molar-refractivity contribution in [1.29, 1.82) is 0 Å². The van der Waals surface area contributed by atoms with E-state index in [1.165, 1.54) is 12.3 Å². The molecule has 0 aliphatic carbocycles. The Hall–Kier alpha value is -2.01. The molecule has 0 N–H and O–H groups in total. The Labute approximate surface area is 138 Å². The molecule has 23 heavy (non-hydrogen) atoms. The molecule has 0 bridgehead atoms. The Morgan fingerprint density at radius 3 is 2.48 bits per heavy atom. The van der Waals surface area contributed by atoms with Crippen molar-refractivity contribution in [3.05, 3.63) is 65.5 Å². The molecule has 5 heteroatoms. The van der Waals surface area contributed by atoms with Gasteiger partial charge in [-0.1, -0.05) is 30.3 Å². The smallest absolute Gasteiger partial charge is 0.165 e. The number of ether oxygens (including phenoxy) is 1. The van der Waals surface area contributed by atoms with Crippen LogP contribution >= 0.6 is 0 Å². The minimum absolute atomic E-state index is 0.183. The fourth-order valence-corrected chi connectivity index (χ4v) is 2.25. The molecule has 2 rings (SSSR count).